The topological polar surface area (TPSA) is 18.5 Å². The summed E-state index contributed by atoms with van der Waals surface area (Å²) in [5.41, 5.74) is 2.26. The van der Waals surface area contributed by atoms with E-state index in [4.69, 9.17) is 9.47 Å². The van der Waals surface area contributed by atoms with Crippen molar-refractivity contribution in [3.05, 3.63) is 56.5 Å². The van der Waals surface area contributed by atoms with Gasteiger partial charge in [-0.05, 0) is 57.7 Å². The standard InChI is InChI=1S/C24H31Br3O2/c1-2-3-4-5-6-7-8-9-13-28-22-15-20(17-25)16-23(24(22)27)29-18-19-11-10-12-21(26)14-19/h10-12,14-16H,2-9,13,17-18H2,1H3. The van der Waals surface area contributed by atoms with Gasteiger partial charge in [0.2, 0.25) is 0 Å². The van der Waals surface area contributed by atoms with Gasteiger partial charge < -0.3 is 9.47 Å². The molecule has 5 heteroatoms. The molecule has 0 amide bonds. The molecule has 0 saturated heterocycles. The number of hydrogen-bond acceptors (Lipinski definition) is 2. The lowest BCUT2D eigenvalue weighted by atomic mass is 10.1. The van der Waals surface area contributed by atoms with Crippen molar-refractivity contribution in [1.29, 1.82) is 0 Å². The van der Waals surface area contributed by atoms with Crippen molar-refractivity contribution in [3.8, 4) is 11.5 Å². The molecule has 0 aromatic heterocycles. The molecule has 0 aliphatic carbocycles. The minimum absolute atomic E-state index is 0.515. The van der Waals surface area contributed by atoms with Crippen molar-refractivity contribution in [1.82, 2.24) is 0 Å². The second-order valence-electron chi connectivity index (χ2n) is 7.28. The molecule has 2 nitrogen and oxygen atoms in total. The summed E-state index contributed by atoms with van der Waals surface area (Å²) in [6.45, 7) is 3.52. The quantitative estimate of drug-likeness (QED) is 0.161. The summed E-state index contributed by atoms with van der Waals surface area (Å²) < 4.78 is 14.1. The maximum absolute atomic E-state index is 6.08. The number of ether oxygens (including phenoxy) is 2. The summed E-state index contributed by atoms with van der Waals surface area (Å²) in [6.07, 6.45) is 10.4. The van der Waals surface area contributed by atoms with Crippen molar-refractivity contribution < 1.29 is 9.47 Å². The average molecular weight is 591 g/mol. The van der Waals surface area contributed by atoms with Gasteiger partial charge in [0.25, 0.3) is 0 Å². The molecule has 160 valence electrons. The van der Waals surface area contributed by atoms with Crippen LogP contribution >= 0.6 is 47.8 Å². The van der Waals surface area contributed by atoms with Crippen molar-refractivity contribution >= 4 is 47.8 Å². The second kappa shape index (κ2) is 14.5. The molecule has 2 rings (SSSR count). The summed E-state index contributed by atoms with van der Waals surface area (Å²) in [4.78, 5) is 0. The third-order valence-corrected chi connectivity index (χ3v) is 6.68. The van der Waals surface area contributed by atoms with E-state index in [1.807, 2.05) is 12.1 Å². The highest BCUT2D eigenvalue weighted by Crippen LogP contribution is 2.37. The fourth-order valence-electron chi connectivity index (χ4n) is 3.12. The Balaban J connectivity index is 1.84. The summed E-state index contributed by atoms with van der Waals surface area (Å²) in [5.74, 6) is 1.67. The van der Waals surface area contributed by atoms with E-state index in [0.717, 1.165) is 49.9 Å². The first kappa shape index (κ1) is 24.7. The molecule has 0 N–H and O–H groups in total. The fraction of sp³-hybridized carbons (Fsp3) is 0.500. The highest BCUT2D eigenvalue weighted by molar-refractivity contribution is 9.11. The van der Waals surface area contributed by atoms with E-state index in [9.17, 15) is 0 Å². The van der Waals surface area contributed by atoms with Gasteiger partial charge in [-0.15, -0.1) is 0 Å². The highest BCUT2D eigenvalue weighted by atomic mass is 79.9. The van der Waals surface area contributed by atoms with E-state index in [1.165, 1.54) is 44.9 Å². The summed E-state index contributed by atoms with van der Waals surface area (Å²) in [7, 11) is 0. The lowest BCUT2D eigenvalue weighted by Gasteiger charge is -2.15. The third-order valence-electron chi connectivity index (χ3n) is 4.76. The van der Waals surface area contributed by atoms with Gasteiger partial charge in [-0.1, -0.05) is 95.9 Å². The predicted octanol–water partition coefficient (Wildman–Crippen LogP) is 9.21. The van der Waals surface area contributed by atoms with E-state index < -0.39 is 0 Å². The molecule has 0 atom stereocenters. The first-order valence-corrected chi connectivity index (χ1v) is 13.2. The highest BCUT2D eigenvalue weighted by Gasteiger charge is 2.12. The predicted molar refractivity (Wildman–Crippen MR) is 133 cm³/mol. The number of hydrogen-bond donors (Lipinski definition) is 0. The number of unbranched alkanes of at least 4 members (excludes halogenated alkanes) is 7. The van der Waals surface area contributed by atoms with Crippen LogP contribution in [0.15, 0.2) is 45.3 Å². The van der Waals surface area contributed by atoms with Gasteiger partial charge >= 0.3 is 0 Å². The van der Waals surface area contributed by atoms with Crippen LogP contribution in [0.1, 0.15) is 69.4 Å². The molecule has 0 fully saturated rings. The van der Waals surface area contributed by atoms with Crippen molar-refractivity contribution in [3.63, 3.8) is 0 Å². The summed E-state index contributed by atoms with van der Waals surface area (Å²) >= 11 is 10.7. The van der Waals surface area contributed by atoms with E-state index in [-0.39, 0.29) is 0 Å². The number of alkyl halides is 1. The molecule has 0 aliphatic heterocycles. The van der Waals surface area contributed by atoms with Crippen LogP contribution in [0.5, 0.6) is 11.5 Å². The SMILES string of the molecule is CCCCCCCCCCOc1cc(CBr)cc(OCc2cccc(Br)c2)c1Br. The molecule has 0 heterocycles. The monoisotopic (exact) mass is 588 g/mol. The van der Waals surface area contributed by atoms with Crippen LogP contribution in [0.3, 0.4) is 0 Å². The van der Waals surface area contributed by atoms with Crippen LogP contribution in [0.25, 0.3) is 0 Å². The molecule has 2 aromatic rings. The van der Waals surface area contributed by atoms with Crippen LogP contribution in [-0.2, 0) is 11.9 Å². The third kappa shape index (κ3) is 9.44. The van der Waals surface area contributed by atoms with Crippen LogP contribution < -0.4 is 9.47 Å². The number of halogens is 3. The summed E-state index contributed by atoms with van der Waals surface area (Å²) in [5, 5.41) is 0.766. The smallest absolute Gasteiger partial charge is 0.138 e. The van der Waals surface area contributed by atoms with Crippen LogP contribution in [-0.4, -0.2) is 6.61 Å². The van der Waals surface area contributed by atoms with E-state index in [2.05, 4.69) is 79.0 Å². The van der Waals surface area contributed by atoms with Gasteiger partial charge in [-0.3, -0.25) is 0 Å². The first-order chi connectivity index (χ1) is 14.1. The van der Waals surface area contributed by atoms with Gasteiger partial charge in [-0.25, -0.2) is 0 Å². The molecule has 0 aliphatic rings. The van der Waals surface area contributed by atoms with Gasteiger partial charge in [0, 0.05) is 9.80 Å². The van der Waals surface area contributed by atoms with Crippen LogP contribution in [0.4, 0.5) is 0 Å². The zero-order valence-electron chi connectivity index (χ0n) is 17.2. The Morgan fingerprint density at radius 3 is 2.07 bits per heavy atom. The molecule has 0 bridgehead atoms. The normalized spacial score (nSPS) is 10.9. The Kier molecular flexibility index (Phi) is 12.4. The Hall–Kier alpha value is -0.520. The average Bonchev–Trinajstić information content (AvgIpc) is 2.72. The molecular weight excluding hydrogens is 560 g/mol. The minimum atomic E-state index is 0.515. The van der Waals surface area contributed by atoms with Gasteiger partial charge in [0.05, 0.1) is 6.61 Å². The lowest BCUT2D eigenvalue weighted by molar-refractivity contribution is 0.286. The van der Waals surface area contributed by atoms with Crippen LogP contribution in [0, 0.1) is 0 Å². The van der Waals surface area contributed by atoms with Crippen molar-refractivity contribution in [2.75, 3.05) is 6.61 Å². The Labute approximate surface area is 201 Å². The minimum Gasteiger partial charge on any atom is -0.492 e. The van der Waals surface area contributed by atoms with Crippen LogP contribution in [0.2, 0.25) is 0 Å². The van der Waals surface area contributed by atoms with Gasteiger partial charge in [-0.2, -0.15) is 0 Å². The molecule has 2 aromatic carbocycles. The summed E-state index contributed by atoms with van der Waals surface area (Å²) in [6, 6.07) is 12.3. The maximum atomic E-state index is 6.08. The Morgan fingerprint density at radius 1 is 0.759 bits per heavy atom. The van der Waals surface area contributed by atoms with E-state index in [0.29, 0.717) is 6.61 Å². The molecule has 0 spiro atoms. The largest absolute Gasteiger partial charge is 0.492 e. The fourth-order valence-corrected chi connectivity index (χ4v) is 4.35. The lowest BCUT2D eigenvalue weighted by Crippen LogP contribution is -2.02. The first-order valence-electron chi connectivity index (χ1n) is 10.5. The zero-order valence-corrected chi connectivity index (χ0v) is 22.0. The molecular formula is C24H31Br3O2. The van der Waals surface area contributed by atoms with E-state index in [1.54, 1.807) is 0 Å². The second-order valence-corrected chi connectivity index (χ2v) is 9.55. The van der Waals surface area contributed by atoms with Crippen molar-refractivity contribution in [2.24, 2.45) is 0 Å². The van der Waals surface area contributed by atoms with Gasteiger partial charge in [0.15, 0.2) is 0 Å². The maximum Gasteiger partial charge on any atom is 0.138 e. The Morgan fingerprint density at radius 2 is 1.41 bits per heavy atom. The van der Waals surface area contributed by atoms with Gasteiger partial charge in [0.1, 0.15) is 22.6 Å². The zero-order chi connectivity index (χ0) is 20.9. The van der Waals surface area contributed by atoms with E-state index >= 15 is 0 Å². The van der Waals surface area contributed by atoms with Crippen molar-refractivity contribution in [2.45, 2.75) is 70.2 Å². The molecule has 0 saturated carbocycles. The number of benzene rings is 2. The number of rotatable bonds is 14. The molecule has 29 heavy (non-hydrogen) atoms. The molecule has 0 unspecified atom stereocenters. The Bertz CT molecular complexity index is 734. The molecule has 0 radical (unpaired) electrons.